The van der Waals surface area contributed by atoms with E-state index in [-0.39, 0.29) is 11.8 Å². The lowest BCUT2D eigenvalue weighted by Gasteiger charge is -2.25. The van der Waals surface area contributed by atoms with Gasteiger partial charge < -0.3 is 14.8 Å². The van der Waals surface area contributed by atoms with E-state index in [9.17, 15) is 4.79 Å². The van der Waals surface area contributed by atoms with Crippen molar-refractivity contribution < 1.29 is 14.3 Å². The molecule has 3 rings (SSSR count). The van der Waals surface area contributed by atoms with Crippen molar-refractivity contribution in [2.75, 3.05) is 13.7 Å². The third-order valence-corrected chi connectivity index (χ3v) is 3.71. The minimum absolute atomic E-state index is 0.0147. The average Bonchev–Trinajstić information content (AvgIpc) is 2.59. The second-order valence-corrected chi connectivity index (χ2v) is 5.22. The summed E-state index contributed by atoms with van der Waals surface area (Å²) in [6.45, 7) is 0.828. The molecule has 2 heterocycles. The summed E-state index contributed by atoms with van der Waals surface area (Å²) >= 11 is 0. The van der Waals surface area contributed by atoms with Gasteiger partial charge in [-0.3, -0.25) is 9.78 Å². The molecule has 1 aliphatic heterocycles. The Morgan fingerprint density at radius 1 is 1.41 bits per heavy atom. The molecular formula is C17H18N2O3. The van der Waals surface area contributed by atoms with Crippen LogP contribution in [0.15, 0.2) is 42.6 Å². The summed E-state index contributed by atoms with van der Waals surface area (Å²) in [5.41, 5.74) is 1.85. The van der Waals surface area contributed by atoms with E-state index in [4.69, 9.17) is 9.47 Å². The van der Waals surface area contributed by atoms with Crippen molar-refractivity contribution in [1.82, 2.24) is 10.3 Å². The normalized spacial score (nSPS) is 16.3. The Balaban J connectivity index is 1.62. The Kier molecular flexibility index (Phi) is 4.23. The van der Waals surface area contributed by atoms with Gasteiger partial charge in [0.25, 0.3) is 0 Å². The van der Waals surface area contributed by atoms with Crippen molar-refractivity contribution in [2.24, 2.45) is 5.92 Å². The van der Waals surface area contributed by atoms with E-state index < -0.39 is 0 Å². The monoisotopic (exact) mass is 298 g/mol. The van der Waals surface area contributed by atoms with Gasteiger partial charge in [0.05, 0.1) is 25.3 Å². The number of fused-ring (bicyclic) bond motifs is 1. The minimum atomic E-state index is -0.191. The summed E-state index contributed by atoms with van der Waals surface area (Å²) in [4.78, 5) is 16.5. The smallest absolute Gasteiger partial charge is 0.227 e. The number of ether oxygens (including phenoxy) is 2. The highest BCUT2D eigenvalue weighted by Gasteiger charge is 2.26. The summed E-state index contributed by atoms with van der Waals surface area (Å²) in [7, 11) is 1.63. The Hall–Kier alpha value is -2.56. The predicted molar refractivity (Wildman–Crippen MR) is 81.8 cm³/mol. The zero-order chi connectivity index (χ0) is 15.4. The van der Waals surface area contributed by atoms with Gasteiger partial charge in [-0.05, 0) is 42.3 Å². The molecule has 114 valence electrons. The van der Waals surface area contributed by atoms with E-state index in [0.29, 0.717) is 19.6 Å². The summed E-state index contributed by atoms with van der Waals surface area (Å²) in [5.74, 6) is 1.40. The van der Waals surface area contributed by atoms with E-state index in [1.54, 1.807) is 13.3 Å². The first kappa shape index (κ1) is 14.4. The molecular weight excluding hydrogens is 280 g/mol. The first-order valence-electron chi connectivity index (χ1n) is 7.23. The molecule has 1 aliphatic rings. The molecule has 0 spiro atoms. The summed E-state index contributed by atoms with van der Waals surface area (Å²) in [6, 6.07) is 11.3. The van der Waals surface area contributed by atoms with Crippen LogP contribution in [0.25, 0.3) is 0 Å². The van der Waals surface area contributed by atoms with E-state index in [1.807, 2.05) is 36.4 Å². The third kappa shape index (κ3) is 3.19. The SMILES string of the molecule is COc1ccc2c(c1)C[C@@H](C(=O)NCc1ccccn1)CO2. The highest BCUT2D eigenvalue weighted by atomic mass is 16.5. The number of rotatable bonds is 4. The molecule has 1 amide bonds. The van der Waals surface area contributed by atoms with E-state index in [0.717, 1.165) is 22.8 Å². The molecule has 0 saturated carbocycles. The minimum Gasteiger partial charge on any atom is -0.497 e. The van der Waals surface area contributed by atoms with Gasteiger partial charge in [-0.2, -0.15) is 0 Å². The lowest BCUT2D eigenvalue weighted by molar-refractivity contribution is -0.126. The summed E-state index contributed by atoms with van der Waals surface area (Å²) in [5, 5.41) is 2.92. The first-order chi connectivity index (χ1) is 10.8. The zero-order valence-electron chi connectivity index (χ0n) is 12.4. The van der Waals surface area contributed by atoms with Gasteiger partial charge in [-0.1, -0.05) is 6.07 Å². The van der Waals surface area contributed by atoms with Crippen LogP contribution in [-0.4, -0.2) is 24.6 Å². The number of carbonyl (C=O) groups excluding carboxylic acids is 1. The summed E-state index contributed by atoms with van der Waals surface area (Å²) < 4.78 is 10.9. The number of nitrogens with one attached hydrogen (secondary N) is 1. The van der Waals surface area contributed by atoms with Crippen LogP contribution in [0.3, 0.4) is 0 Å². The fourth-order valence-electron chi connectivity index (χ4n) is 2.49. The molecule has 1 N–H and O–H groups in total. The van der Waals surface area contributed by atoms with Gasteiger partial charge in [0.1, 0.15) is 18.1 Å². The van der Waals surface area contributed by atoms with Crippen LogP contribution in [0, 0.1) is 5.92 Å². The van der Waals surface area contributed by atoms with Crippen molar-refractivity contribution in [2.45, 2.75) is 13.0 Å². The molecule has 0 unspecified atom stereocenters. The Morgan fingerprint density at radius 3 is 3.09 bits per heavy atom. The summed E-state index contributed by atoms with van der Waals surface area (Å²) in [6.07, 6.45) is 2.37. The van der Waals surface area contributed by atoms with Crippen LogP contribution in [-0.2, 0) is 17.8 Å². The highest BCUT2D eigenvalue weighted by Crippen LogP contribution is 2.30. The number of carbonyl (C=O) groups is 1. The fraction of sp³-hybridized carbons (Fsp3) is 0.294. The molecule has 5 nitrogen and oxygen atoms in total. The maximum Gasteiger partial charge on any atom is 0.227 e. The van der Waals surface area contributed by atoms with Crippen molar-refractivity contribution in [3.63, 3.8) is 0 Å². The number of hydrogen-bond donors (Lipinski definition) is 1. The van der Waals surface area contributed by atoms with Crippen LogP contribution in [0.5, 0.6) is 11.5 Å². The zero-order valence-corrected chi connectivity index (χ0v) is 12.4. The molecule has 22 heavy (non-hydrogen) atoms. The number of methoxy groups -OCH3 is 1. The quantitative estimate of drug-likeness (QED) is 0.937. The van der Waals surface area contributed by atoms with Crippen LogP contribution >= 0.6 is 0 Å². The van der Waals surface area contributed by atoms with Crippen molar-refractivity contribution in [1.29, 1.82) is 0 Å². The van der Waals surface area contributed by atoms with E-state index in [1.165, 1.54) is 0 Å². The number of nitrogens with zero attached hydrogens (tertiary/aromatic N) is 1. The standard InChI is InChI=1S/C17H18N2O3/c1-21-15-5-6-16-12(9-15)8-13(11-22-16)17(20)19-10-14-4-2-3-7-18-14/h2-7,9,13H,8,10-11H2,1H3,(H,19,20)/t13-/m1/s1. The molecule has 2 aromatic rings. The maximum atomic E-state index is 12.3. The topological polar surface area (TPSA) is 60.5 Å². The van der Waals surface area contributed by atoms with Crippen molar-refractivity contribution in [3.05, 3.63) is 53.9 Å². The lowest BCUT2D eigenvalue weighted by Crippen LogP contribution is -2.37. The largest absolute Gasteiger partial charge is 0.497 e. The second kappa shape index (κ2) is 6.47. The molecule has 1 aromatic heterocycles. The van der Waals surface area contributed by atoms with Crippen molar-refractivity contribution >= 4 is 5.91 Å². The molecule has 0 aliphatic carbocycles. The van der Waals surface area contributed by atoms with Gasteiger partial charge in [-0.25, -0.2) is 0 Å². The second-order valence-electron chi connectivity index (χ2n) is 5.22. The Morgan fingerprint density at radius 2 is 2.32 bits per heavy atom. The van der Waals surface area contributed by atoms with Crippen LogP contribution in [0.4, 0.5) is 0 Å². The molecule has 1 aromatic carbocycles. The number of aromatic nitrogens is 1. The molecule has 0 radical (unpaired) electrons. The van der Waals surface area contributed by atoms with Gasteiger partial charge in [0.2, 0.25) is 5.91 Å². The van der Waals surface area contributed by atoms with Crippen molar-refractivity contribution in [3.8, 4) is 11.5 Å². The highest BCUT2D eigenvalue weighted by molar-refractivity contribution is 5.79. The van der Waals surface area contributed by atoms with Gasteiger partial charge in [0, 0.05) is 6.20 Å². The average molecular weight is 298 g/mol. The van der Waals surface area contributed by atoms with Crippen LogP contribution in [0.1, 0.15) is 11.3 Å². The third-order valence-electron chi connectivity index (χ3n) is 3.71. The lowest BCUT2D eigenvalue weighted by atomic mass is 9.96. The first-order valence-corrected chi connectivity index (χ1v) is 7.23. The predicted octanol–water partition coefficient (Wildman–Crippen LogP) is 1.96. The number of hydrogen-bond acceptors (Lipinski definition) is 4. The molecule has 0 saturated heterocycles. The number of pyridine rings is 1. The fourth-order valence-corrected chi connectivity index (χ4v) is 2.49. The molecule has 0 bridgehead atoms. The van der Waals surface area contributed by atoms with Crippen LogP contribution in [0.2, 0.25) is 0 Å². The number of benzene rings is 1. The van der Waals surface area contributed by atoms with Crippen LogP contribution < -0.4 is 14.8 Å². The maximum absolute atomic E-state index is 12.3. The number of amides is 1. The van der Waals surface area contributed by atoms with Gasteiger partial charge >= 0.3 is 0 Å². The Bertz CT molecular complexity index is 658. The van der Waals surface area contributed by atoms with E-state index >= 15 is 0 Å². The van der Waals surface area contributed by atoms with Gasteiger partial charge in [-0.15, -0.1) is 0 Å². The Labute approximate surface area is 129 Å². The molecule has 5 heteroatoms. The molecule has 0 fully saturated rings. The molecule has 1 atom stereocenters. The van der Waals surface area contributed by atoms with Gasteiger partial charge in [0.15, 0.2) is 0 Å². The van der Waals surface area contributed by atoms with E-state index in [2.05, 4.69) is 10.3 Å².